The molecule has 0 amide bonds. The van der Waals surface area contributed by atoms with Crippen molar-refractivity contribution in [2.75, 3.05) is 26.0 Å². The number of nitro groups is 1. The van der Waals surface area contributed by atoms with Crippen molar-refractivity contribution in [3.8, 4) is 0 Å². The Morgan fingerprint density at radius 3 is 2.00 bits per heavy atom. The van der Waals surface area contributed by atoms with Crippen molar-refractivity contribution >= 4 is 17.1 Å². The molecule has 5 nitrogen and oxygen atoms in total. The third-order valence-corrected chi connectivity index (χ3v) is 3.17. The normalized spacial score (nSPS) is 10.6. The van der Waals surface area contributed by atoms with Gasteiger partial charge in [-0.15, -0.1) is 0 Å². The first-order valence-electron chi connectivity index (χ1n) is 6.80. The highest BCUT2D eigenvalue weighted by Crippen LogP contribution is 2.20. The molecule has 0 saturated carbocycles. The molecule has 0 heterocycles. The van der Waals surface area contributed by atoms with E-state index in [1.54, 1.807) is 12.1 Å². The number of likely N-dealkylation sites (N-methyl/N-ethyl adjacent to an activating group) is 1. The summed E-state index contributed by atoms with van der Waals surface area (Å²) in [5.74, 6) is 0. The van der Waals surface area contributed by atoms with Gasteiger partial charge in [0.05, 0.1) is 4.92 Å². The summed E-state index contributed by atoms with van der Waals surface area (Å²) in [4.78, 5) is 12.4. The fraction of sp³-hybridized carbons (Fsp3) is 0.250. The molecule has 0 aliphatic rings. The highest BCUT2D eigenvalue weighted by molar-refractivity contribution is 5.61. The van der Waals surface area contributed by atoms with Gasteiger partial charge in [0.25, 0.3) is 5.69 Å². The van der Waals surface area contributed by atoms with Crippen LogP contribution in [0.4, 0.5) is 17.1 Å². The Hall–Kier alpha value is -2.40. The lowest BCUT2D eigenvalue weighted by Gasteiger charge is -2.10. The number of benzene rings is 2. The summed E-state index contributed by atoms with van der Waals surface area (Å²) in [6.45, 7) is 1.02. The zero-order valence-electron chi connectivity index (χ0n) is 12.2. The quantitative estimate of drug-likeness (QED) is 0.652. The Kier molecular flexibility index (Phi) is 4.90. The second-order valence-electron chi connectivity index (χ2n) is 5.18. The number of nitrogens with zero attached hydrogens (tertiary/aromatic N) is 2. The Morgan fingerprint density at radius 1 is 1.00 bits per heavy atom. The summed E-state index contributed by atoms with van der Waals surface area (Å²) < 4.78 is 0. The van der Waals surface area contributed by atoms with Gasteiger partial charge in [-0.3, -0.25) is 10.1 Å². The van der Waals surface area contributed by atoms with Crippen LogP contribution in [0.25, 0.3) is 0 Å². The average Bonchev–Trinajstić information content (AvgIpc) is 2.47. The van der Waals surface area contributed by atoms with E-state index in [1.807, 2.05) is 12.1 Å². The zero-order chi connectivity index (χ0) is 15.2. The minimum absolute atomic E-state index is 0.0968. The van der Waals surface area contributed by atoms with Crippen LogP contribution in [0.15, 0.2) is 48.5 Å². The van der Waals surface area contributed by atoms with E-state index >= 15 is 0 Å². The van der Waals surface area contributed by atoms with Crippen LogP contribution in [0.2, 0.25) is 0 Å². The third kappa shape index (κ3) is 4.57. The molecule has 0 aliphatic carbocycles. The smallest absolute Gasteiger partial charge is 0.269 e. The summed E-state index contributed by atoms with van der Waals surface area (Å²) in [6.07, 6.45) is 1.02. The number of hydrogen-bond donors (Lipinski definition) is 1. The Balaban J connectivity index is 1.98. The van der Waals surface area contributed by atoms with Gasteiger partial charge < -0.3 is 10.2 Å². The number of non-ortho nitro benzene ring substituents is 1. The van der Waals surface area contributed by atoms with Crippen LogP contribution in [-0.2, 0) is 6.42 Å². The Labute approximate surface area is 124 Å². The zero-order valence-corrected chi connectivity index (χ0v) is 12.2. The van der Waals surface area contributed by atoms with Crippen molar-refractivity contribution in [2.24, 2.45) is 0 Å². The molecule has 21 heavy (non-hydrogen) atoms. The van der Waals surface area contributed by atoms with E-state index in [2.05, 4.69) is 36.4 Å². The van der Waals surface area contributed by atoms with Crippen LogP contribution in [-0.4, -0.2) is 30.5 Å². The molecule has 0 aliphatic heterocycles. The highest BCUT2D eigenvalue weighted by atomic mass is 16.6. The summed E-state index contributed by atoms with van der Waals surface area (Å²) in [6, 6.07) is 14.6. The first kappa shape index (κ1) is 15.0. The molecule has 0 bridgehead atoms. The maximum absolute atomic E-state index is 10.6. The monoisotopic (exact) mass is 285 g/mol. The van der Waals surface area contributed by atoms with Crippen LogP contribution in [0.3, 0.4) is 0 Å². The van der Waals surface area contributed by atoms with Gasteiger partial charge in [0.2, 0.25) is 0 Å². The topological polar surface area (TPSA) is 58.4 Å². The van der Waals surface area contributed by atoms with Gasteiger partial charge in [-0.1, -0.05) is 12.1 Å². The minimum atomic E-state index is -0.399. The molecule has 0 aromatic heterocycles. The molecule has 0 saturated heterocycles. The SMILES string of the molecule is CN(C)CCc1ccc(Nc2ccc([N+](=O)[O-])cc2)cc1. The van der Waals surface area contributed by atoms with E-state index in [9.17, 15) is 10.1 Å². The molecule has 0 atom stereocenters. The van der Waals surface area contributed by atoms with Crippen LogP contribution in [0, 0.1) is 10.1 Å². The number of hydrogen-bond acceptors (Lipinski definition) is 4. The van der Waals surface area contributed by atoms with E-state index in [4.69, 9.17) is 0 Å². The van der Waals surface area contributed by atoms with Gasteiger partial charge in [0.1, 0.15) is 0 Å². The number of rotatable bonds is 6. The average molecular weight is 285 g/mol. The molecule has 0 fully saturated rings. The van der Waals surface area contributed by atoms with E-state index < -0.39 is 4.92 Å². The first-order chi connectivity index (χ1) is 10.0. The van der Waals surface area contributed by atoms with Crippen molar-refractivity contribution in [3.63, 3.8) is 0 Å². The Bertz CT molecular complexity index is 592. The number of anilines is 2. The molecule has 2 aromatic rings. The second kappa shape index (κ2) is 6.85. The molecule has 0 unspecified atom stereocenters. The molecule has 0 spiro atoms. The van der Waals surface area contributed by atoms with Gasteiger partial charge in [-0.05, 0) is 50.3 Å². The van der Waals surface area contributed by atoms with Gasteiger partial charge >= 0.3 is 0 Å². The molecule has 1 N–H and O–H groups in total. The number of nitro benzene ring substituents is 1. The summed E-state index contributed by atoms with van der Waals surface area (Å²) >= 11 is 0. The molecule has 0 radical (unpaired) electrons. The molecule has 2 rings (SSSR count). The lowest BCUT2D eigenvalue weighted by Crippen LogP contribution is -2.14. The van der Waals surface area contributed by atoms with E-state index in [-0.39, 0.29) is 5.69 Å². The van der Waals surface area contributed by atoms with Gasteiger partial charge in [0.15, 0.2) is 0 Å². The van der Waals surface area contributed by atoms with Crippen molar-refractivity contribution in [1.29, 1.82) is 0 Å². The lowest BCUT2D eigenvalue weighted by atomic mass is 10.1. The largest absolute Gasteiger partial charge is 0.356 e. The molecular weight excluding hydrogens is 266 g/mol. The maximum atomic E-state index is 10.6. The second-order valence-corrected chi connectivity index (χ2v) is 5.18. The van der Waals surface area contributed by atoms with Crippen LogP contribution in [0.1, 0.15) is 5.56 Å². The van der Waals surface area contributed by atoms with E-state index in [0.29, 0.717) is 0 Å². The highest BCUT2D eigenvalue weighted by Gasteiger charge is 2.04. The maximum Gasteiger partial charge on any atom is 0.269 e. The lowest BCUT2D eigenvalue weighted by molar-refractivity contribution is -0.384. The predicted octanol–water partition coefficient (Wildman–Crippen LogP) is 3.44. The predicted molar refractivity (Wildman–Crippen MR) is 85.1 cm³/mol. The number of nitrogens with one attached hydrogen (secondary N) is 1. The fourth-order valence-electron chi connectivity index (χ4n) is 1.94. The molecule has 110 valence electrons. The van der Waals surface area contributed by atoms with Crippen LogP contribution < -0.4 is 5.32 Å². The summed E-state index contributed by atoms with van der Waals surface area (Å²) in [7, 11) is 4.12. The molecule has 2 aromatic carbocycles. The van der Waals surface area contributed by atoms with Gasteiger partial charge in [-0.2, -0.15) is 0 Å². The van der Waals surface area contributed by atoms with E-state index in [1.165, 1.54) is 17.7 Å². The van der Waals surface area contributed by atoms with Crippen molar-refractivity contribution in [2.45, 2.75) is 6.42 Å². The third-order valence-electron chi connectivity index (χ3n) is 3.17. The Morgan fingerprint density at radius 2 is 1.52 bits per heavy atom. The van der Waals surface area contributed by atoms with Crippen molar-refractivity contribution in [3.05, 3.63) is 64.2 Å². The summed E-state index contributed by atoms with van der Waals surface area (Å²) in [5.41, 5.74) is 3.19. The van der Waals surface area contributed by atoms with Crippen LogP contribution in [0.5, 0.6) is 0 Å². The van der Waals surface area contributed by atoms with Gasteiger partial charge in [-0.25, -0.2) is 0 Å². The van der Waals surface area contributed by atoms with Gasteiger partial charge in [0, 0.05) is 30.1 Å². The minimum Gasteiger partial charge on any atom is -0.356 e. The summed E-state index contributed by atoms with van der Waals surface area (Å²) in [5, 5.41) is 13.8. The molecular formula is C16H19N3O2. The van der Waals surface area contributed by atoms with Crippen molar-refractivity contribution in [1.82, 2.24) is 4.90 Å². The fourth-order valence-corrected chi connectivity index (χ4v) is 1.94. The van der Waals surface area contributed by atoms with Crippen LogP contribution >= 0.6 is 0 Å². The standard InChI is InChI=1S/C16H19N3O2/c1-18(2)12-11-13-3-5-14(6-4-13)17-15-7-9-16(10-8-15)19(20)21/h3-10,17H,11-12H2,1-2H3. The molecule has 5 heteroatoms. The van der Waals surface area contributed by atoms with Crippen molar-refractivity contribution < 1.29 is 4.92 Å². The first-order valence-corrected chi connectivity index (χ1v) is 6.80. The van der Waals surface area contributed by atoms with E-state index in [0.717, 1.165) is 24.3 Å².